The van der Waals surface area contributed by atoms with Crippen molar-refractivity contribution in [3.05, 3.63) is 0 Å². The van der Waals surface area contributed by atoms with Crippen LogP contribution in [0, 0.1) is 5.92 Å². The number of thioether (sulfide) groups is 1. The maximum Gasteiger partial charge on any atom is 0.221 e. The van der Waals surface area contributed by atoms with Gasteiger partial charge in [-0.15, -0.1) is 0 Å². The van der Waals surface area contributed by atoms with E-state index in [0.717, 1.165) is 10.9 Å². The molecule has 1 fully saturated rings. The van der Waals surface area contributed by atoms with Crippen molar-refractivity contribution < 1.29 is 9.53 Å². The van der Waals surface area contributed by atoms with Crippen LogP contribution in [0.5, 0.6) is 0 Å². The number of aliphatic imine (C=N–C) groups is 1. The number of nitrogens with one attached hydrogen (secondary N) is 2. The number of amides is 1. The Morgan fingerprint density at radius 3 is 3.06 bits per heavy atom. The van der Waals surface area contributed by atoms with E-state index in [-0.39, 0.29) is 5.91 Å². The molecule has 0 saturated carbocycles. The first-order valence-electron chi connectivity index (χ1n) is 6.33. The van der Waals surface area contributed by atoms with Gasteiger partial charge in [0.2, 0.25) is 5.91 Å². The predicted octanol–water partition coefficient (Wildman–Crippen LogP) is 0.856. The standard InChI is InChI=1S/C12H23N3O2S/c1-9(2)10-8-18-12(15-10)14-5-4-11(16)13-6-7-17-3/h9-10H,4-8H2,1-3H3,(H,13,16)(H,14,15)/t10-/m1/s1. The minimum absolute atomic E-state index is 0.0276. The van der Waals surface area contributed by atoms with Crippen molar-refractivity contribution in [1.82, 2.24) is 10.6 Å². The molecule has 104 valence electrons. The topological polar surface area (TPSA) is 62.7 Å². The lowest BCUT2D eigenvalue weighted by Gasteiger charge is -2.13. The van der Waals surface area contributed by atoms with Gasteiger partial charge >= 0.3 is 0 Å². The number of carbonyl (C=O) groups is 1. The summed E-state index contributed by atoms with van der Waals surface area (Å²) in [6.07, 6.45) is 0.432. The summed E-state index contributed by atoms with van der Waals surface area (Å²) in [6, 6.07) is 0.504. The van der Waals surface area contributed by atoms with E-state index in [2.05, 4.69) is 29.5 Å². The number of nitrogens with zero attached hydrogens (tertiary/aromatic N) is 1. The Balaban J connectivity index is 2.15. The monoisotopic (exact) mass is 273 g/mol. The number of ether oxygens (including phenoxy) is 1. The van der Waals surface area contributed by atoms with Crippen molar-refractivity contribution in [2.75, 3.05) is 32.6 Å². The van der Waals surface area contributed by atoms with E-state index in [0.29, 0.717) is 38.1 Å². The molecule has 0 spiro atoms. The van der Waals surface area contributed by atoms with E-state index in [1.807, 2.05) is 0 Å². The van der Waals surface area contributed by atoms with Crippen LogP contribution >= 0.6 is 11.8 Å². The lowest BCUT2D eigenvalue weighted by molar-refractivity contribution is -0.121. The van der Waals surface area contributed by atoms with Crippen LogP contribution < -0.4 is 10.6 Å². The highest BCUT2D eigenvalue weighted by Gasteiger charge is 2.22. The van der Waals surface area contributed by atoms with Crippen molar-refractivity contribution in [1.29, 1.82) is 0 Å². The van der Waals surface area contributed by atoms with Crippen molar-refractivity contribution in [3.8, 4) is 0 Å². The fourth-order valence-electron chi connectivity index (χ4n) is 1.50. The third-order valence-corrected chi connectivity index (χ3v) is 3.78. The molecule has 0 unspecified atom stereocenters. The second kappa shape index (κ2) is 8.37. The molecule has 1 aliphatic heterocycles. The summed E-state index contributed by atoms with van der Waals surface area (Å²) in [5, 5.41) is 7.12. The van der Waals surface area contributed by atoms with Crippen molar-refractivity contribution in [2.45, 2.75) is 26.3 Å². The summed E-state index contributed by atoms with van der Waals surface area (Å²) in [5.74, 6) is 1.71. The molecule has 5 nitrogen and oxygen atoms in total. The Morgan fingerprint density at radius 2 is 2.44 bits per heavy atom. The Hall–Kier alpha value is -0.750. The lowest BCUT2D eigenvalue weighted by Crippen LogP contribution is -2.32. The van der Waals surface area contributed by atoms with E-state index in [1.165, 1.54) is 0 Å². The maximum atomic E-state index is 11.4. The third-order valence-electron chi connectivity index (χ3n) is 2.74. The molecular weight excluding hydrogens is 250 g/mol. The van der Waals surface area contributed by atoms with Crippen LogP contribution in [0.3, 0.4) is 0 Å². The molecule has 6 heteroatoms. The summed E-state index contributed by atoms with van der Waals surface area (Å²) in [7, 11) is 1.62. The van der Waals surface area contributed by atoms with Gasteiger partial charge in [0.1, 0.15) is 0 Å². The quantitative estimate of drug-likeness (QED) is 0.675. The van der Waals surface area contributed by atoms with Crippen molar-refractivity contribution in [3.63, 3.8) is 0 Å². The van der Waals surface area contributed by atoms with E-state index in [4.69, 9.17) is 4.74 Å². The Bertz CT molecular complexity index is 295. The van der Waals surface area contributed by atoms with Crippen LogP contribution in [0.15, 0.2) is 4.99 Å². The molecule has 0 aromatic heterocycles. The zero-order valence-electron chi connectivity index (χ0n) is 11.4. The first-order chi connectivity index (χ1) is 8.63. The van der Waals surface area contributed by atoms with Gasteiger partial charge in [-0.2, -0.15) is 0 Å². The van der Waals surface area contributed by atoms with Gasteiger partial charge in [-0.3, -0.25) is 9.79 Å². The zero-order chi connectivity index (χ0) is 13.4. The highest BCUT2D eigenvalue weighted by Crippen LogP contribution is 2.18. The van der Waals surface area contributed by atoms with E-state index in [1.54, 1.807) is 18.9 Å². The summed E-state index contributed by atoms with van der Waals surface area (Å²) < 4.78 is 4.86. The van der Waals surface area contributed by atoms with Crippen LogP contribution in [0.4, 0.5) is 0 Å². The second-order valence-corrected chi connectivity index (χ2v) is 5.59. The minimum atomic E-state index is 0.0276. The molecule has 0 radical (unpaired) electrons. The molecule has 1 atom stereocenters. The number of carbonyl (C=O) groups excluding carboxylic acids is 1. The van der Waals surface area contributed by atoms with Crippen molar-refractivity contribution in [2.24, 2.45) is 10.9 Å². The average molecular weight is 273 g/mol. The largest absolute Gasteiger partial charge is 0.383 e. The molecule has 1 saturated heterocycles. The number of methoxy groups -OCH3 is 1. The summed E-state index contributed by atoms with van der Waals surface area (Å²) >= 11 is 1.74. The second-order valence-electron chi connectivity index (χ2n) is 4.59. The SMILES string of the molecule is COCCNC(=O)CCN=C1N[C@@H](C(C)C)CS1. The first-order valence-corrected chi connectivity index (χ1v) is 7.31. The Labute approximate surface area is 113 Å². The van der Waals surface area contributed by atoms with Gasteiger partial charge in [-0.05, 0) is 5.92 Å². The molecule has 2 N–H and O–H groups in total. The van der Waals surface area contributed by atoms with E-state index < -0.39 is 0 Å². The van der Waals surface area contributed by atoms with E-state index in [9.17, 15) is 4.79 Å². The number of hydrogen-bond acceptors (Lipinski definition) is 4. The molecule has 18 heavy (non-hydrogen) atoms. The average Bonchev–Trinajstić information content (AvgIpc) is 2.78. The number of rotatable bonds is 7. The van der Waals surface area contributed by atoms with Crippen LogP contribution in [0.2, 0.25) is 0 Å². The Morgan fingerprint density at radius 1 is 1.67 bits per heavy atom. The fraction of sp³-hybridized carbons (Fsp3) is 0.833. The molecule has 0 aliphatic carbocycles. The van der Waals surface area contributed by atoms with Gasteiger partial charge in [0, 0.05) is 31.9 Å². The van der Waals surface area contributed by atoms with Crippen molar-refractivity contribution >= 4 is 22.8 Å². The molecule has 1 rings (SSSR count). The normalized spacial score (nSPS) is 21.3. The summed E-state index contributed by atoms with van der Waals surface area (Å²) in [6.45, 7) is 6.05. The molecular formula is C12H23N3O2S. The third kappa shape index (κ3) is 5.73. The minimum Gasteiger partial charge on any atom is -0.383 e. The van der Waals surface area contributed by atoms with Gasteiger partial charge in [0.25, 0.3) is 0 Å². The van der Waals surface area contributed by atoms with E-state index >= 15 is 0 Å². The molecule has 0 aromatic carbocycles. The van der Waals surface area contributed by atoms with Crippen LogP contribution in [-0.4, -0.2) is 49.7 Å². The zero-order valence-corrected chi connectivity index (χ0v) is 12.2. The van der Waals surface area contributed by atoms with Gasteiger partial charge in [-0.1, -0.05) is 25.6 Å². The van der Waals surface area contributed by atoms with Gasteiger partial charge in [0.05, 0.1) is 13.2 Å². The maximum absolute atomic E-state index is 11.4. The molecule has 1 amide bonds. The van der Waals surface area contributed by atoms with Crippen LogP contribution in [0.1, 0.15) is 20.3 Å². The highest BCUT2D eigenvalue weighted by molar-refractivity contribution is 8.14. The molecule has 0 bridgehead atoms. The van der Waals surface area contributed by atoms with Gasteiger partial charge in [-0.25, -0.2) is 0 Å². The van der Waals surface area contributed by atoms with Gasteiger partial charge in [0.15, 0.2) is 5.17 Å². The highest BCUT2D eigenvalue weighted by atomic mass is 32.2. The number of amidine groups is 1. The first kappa shape index (κ1) is 15.3. The molecule has 0 aromatic rings. The smallest absolute Gasteiger partial charge is 0.221 e. The van der Waals surface area contributed by atoms with Crippen LogP contribution in [-0.2, 0) is 9.53 Å². The lowest BCUT2D eigenvalue weighted by atomic mass is 10.1. The van der Waals surface area contributed by atoms with Gasteiger partial charge < -0.3 is 15.4 Å². The Kier molecular flexibility index (Phi) is 7.12. The van der Waals surface area contributed by atoms with Crippen LogP contribution in [0.25, 0.3) is 0 Å². The summed E-state index contributed by atoms with van der Waals surface area (Å²) in [5.41, 5.74) is 0. The molecule has 1 heterocycles. The summed E-state index contributed by atoms with van der Waals surface area (Å²) in [4.78, 5) is 15.8. The predicted molar refractivity (Wildman–Crippen MR) is 76.0 cm³/mol. The number of hydrogen-bond donors (Lipinski definition) is 2. The molecule has 1 aliphatic rings. The fourth-order valence-corrected chi connectivity index (χ4v) is 2.72.